The van der Waals surface area contributed by atoms with Crippen molar-refractivity contribution in [3.63, 3.8) is 0 Å². The Bertz CT molecular complexity index is 1440. The van der Waals surface area contributed by atoms with E-state index in [1.54, 1.807) is 21.2 Å². The van der Waals surface area contributed by atoms with Gasteiger partial charge in [0.25, 0.3) is 0 Å². The largest absolute Gasteiger partial charge is 0.384 e. The SMILES string of the molecule is COCCS(=O)(=O)N1CCC(c2nc3c(-c4cnn(-c5ccccc5)c4)cnn3c(N)c2Br)CC1. The van der Waals surface area contributed by atoms with Gasteiger partial charge in [-0.3, -0.25) is 0 Å². The molecule has 4 aromatic rings. The van der Waals surface area contributed by atoms with E-state index in [1.165, 1.54) is 7.11 Å². The molecule has 5 rings (SSSR count). The number of nitrogens with two attached hydrogens (primary N) is 1. The van der Waals surface area contributed by atoms with Crippen LogP contribution in [0.3, 0.4) is 0 Å². The lowest BCUT2D eigenvalue weighted by atomic mass is 9.94. The van der Waals surface area contributed by atoms with Crippen LogP contribution in [0.2, 0.25) is 0 Å². The molecule has 12 heteroatoms. The van der Waals surface area contributed by atoms with Crippen LogP contribution in [-0.2, 0) is 14.8 Å². The molecule has 0 saturated carbocycles. The average Bonchev–Trinajstić information content (AvgIpc) is 3.53. The molecular formula is C23H26BrN7O3S. The van der Waals surface area contributed by atoms with E-state index in [1.807, 2.05) is 41.2 Å². The van der Waals surface area contributed by atoms with Crippen LogP contribution in [0.4, 0.5) is 5.82 Å². The summed E-state index contributed by atoms with van der Waals surface area (Å²) < 4.78 is 35.7. The Morgan fingerprint density at radius 1 is 1.14 bits per heavy atom. The van der Waals surface area contributed by atoms with Crippen LogP contribution >= 0.6 is 15.9 Å². The summed E-state index contributed by atoms with van der Waals surface area (Å²) in [4.78, 5) is 4.96. The molecule has 10 nitrogen and oxygen atoms in total. The highest BCUT2D eigenvalue weighted by Crippen LogP contribution is 2.37. The van der Waals surface area contributed by atoms with E-state index >= 15 is 0 Å². The number of benzene rings is 1. The predicted molar refractivity (Wildman–Crippen MR) is 137 cm³/mol. The topological polar surface area (TPSA) is 121 Å². The summed E-state index contributed by atoms with van der Waals surface area (Å²) in [5.74, 6) is 0.521. The van der Waals surface area contributed by atoms with Crippen LogP contribution in [0, 0.1) is 0 Å². The Morgan fingerprint density at radius 3 is 2.60 bits per heavy atom. The second-order valence-electron chi connectivity index (χ2n) is 8.48. The summed E-state index contributed by atoms with van der Waals surface area (Å²) in [6.45, 7) is 1.06. The third-order valence-corrected chi connectivity index (χ3v) is 8.99. The highest BCUT2D eigenvalue weighted by atomic mass is 79.9. The summed E-state index contributed by atoms with van der Waals surface area (Å²) >= 11 is 3.61. The molecule has 0 unspecified atom stereocenters. The first-order valence-corrected chi connectivity index (χ1v) is 13.7. The van der Waals surface area contributed by atoms with E-state index in [0.717, 1.165) is 22.5 Å². The maximum atomic E-state index is 12.5. The molecule has 2 N–H and O–H groups in total. The van der Waals surface area contributed by atoms with Crippen LogP contribution in [0.1, 0.15) is 24.5 Å². The quantitative estimate of drug-likeness (QED) is 0.369. The maximum absolute atomic E-state index is 12.5. The van der Waals surface area contributed by atoms with E-state index < -0.39 is 10.0 Å². The molecule has 0 atom stereocenters. The van der Waals surface area contributed by atoms with Crippen LogP contribution in [-0.4, -0.2) is 69.7 Å². The van der Waals surface area contributed by atoms with Gasteiger partial charge in [0, 0.05) is 43.4 Å². The molecule has 0 bridgehead atoms. The van der Waals surface area contributed by atoms with Crippen LogP contribution in [0.5, 0.6) is 0 Å². The molecule has 1 aliphatic heterocycles. The molecule has 4 heterocycles. The Kier molecular flexibility index (Phi) is 6.62. The lowest BCUT2D eigenvalue weighted by molar-refractivity contribution is 0.214. The van der Waals surface area contributed by atoms with E-state index in [9.17, 15) is 8.42 Å². The highest BCUT2D eigenvalue weighted by Gasteiger charge is 2.31. The minimum atomic E-state index is -3.33. The molecule has 0 spiro atoms. The van der Waals surface area contributed by atoms with Gasteiger partial charge in [-0.1, -0.05) is 18.2 Å². The molecule has 35 heavy (non-hydrogen) atoms. The molecular weight excluding hydrogens is 534 g/mol. The van der Waals surface area contributed by atoms with Crippen molar-refractivity contribution in [3.05, 3.63) is 59.1 Å². The Labute approximate surface area is 211 Å². The van der Waals surface area contributed by atoms with Gasteiger partial charge in [0.15, 0.2) is 5.65 Å². The molecule has 1 aromatic carbocycles. The Morgan fingerprint density at radius 2 is 1.89 bits per heavy atom. The lowest BCUT2D eigenvalue weighted by Crippen LogP contribution is -2.40. The summed E-state index contributed by atoms with van der Waals surface area (Å²) in [6.07, 6.45) is 6.78. The van der Waals surface area contributed by atoms with Gasteiger partial charge >= 0.3 is 0 Å². The number of methoxy groups -OCH3 is 1. The first-order valence-electron chi connectivity index (χ1n) is 11.3. The molecule has 0 amide bonds. The molecule has 1 aliphatic rings. The fourth-order valence-electron chi connectivity index (χ4n) is 4.40. The lowest BCUT2D eigenvalue weighted by Gasteiger charge is -2.31. The number of aromatic nitrogens is 5. The van der Waals surface area contributed by atoms with Crippen molar-refractivity contribution in [3.8, 4) is 16.8 Å². The second kappa shape index (κ2) is 9.69. The molecule has 1 fully saturated rings. The summed E-state index contributed by atoms with van der Waals surface area (Å²) in [6, 6.07) is 9.86. The van der Waals surface area contributed by atoms with Gasteiger partial charge in [-0.2, -0.15) is 14.7 Å². The second-order valence-corrected chi connectivity index (χ2v) is 11.4. The number of anilines is 1. The van der Waals surface area contributed by atoms with Crippen LogP contribution in [0.15, 0.2) is 53.4 Å². The summed E-state index contributed by atoms with van der Waals surface area (Å²) in [5.41, 5.74) is 10.6. The van der Waals surface area contributed by atoms with Gasteiger partial charge in [-0.05, 0) is 40.9 Å². The zero-order valence-electron chi connectivity index (χ0n) is 19.2. The number of para-hydroxylation sites is 1. The first-order chi connectivity index (χ1) is 16.9. The van der Waals surface area contributed by atoms with Crippen molar-refractivity contribution in [1.29, 1.82) is 0 Å². The number of ether oxygens (including phenoxy) is 1. The number of hydrogen-bond acceptors (Lipinski definition) is 7. The highest BCUT2D eigenvalue weighted by molar-refractivity contribution is 9.10. The number of fused-ring (bicyclic) bond motifs is 1. The molecule has 1 saturated heterocycles. The molecule has 184 valence electrons. The summed E-state index contributed by atoms with van der Waals surface area (Å²) in [7, 11) is -1.83. The minimum absolute atomic E-state index is 0.00906. The summed E-state index contributed by atoms with van der Waals surface area (Å²) in [5, 5.41) is 8.95. The first kappa shape index (κ1) is 23.9. The van der Waals surface area contributed by atoms with Crippen molar-refractivity contribution in [2.24, 2.45) is 0 Å². The van der Waals surface area contributed by atoms with Crippen molar-refractivity contribution in [2.45, 2.75) is 18.8 Å². The monoisotopic (exact) mass is 559 g/mol. The zero-order valence-corrected chi connectivity index (χ0v) is 21.6. The van der Waals surface area contributed by atoms with Gasteiger partial charge in [0.1, 0.15) is 5.82 Å². The number of halogens is 1. The standard InChI is InChI=1S/C23H26BrN7O3S/c1-34-11-12-35(32,33)29-9-7-16(8-10-29)21-20(24)22(25)31-23(28-21)19(14-27-31)17-13-26-30(15-17)18-5-3-2-4-6-18/h2-6,13-16H,7-12,25H2,1H3. The van der Waals surface area contributed by atoms with E-state index in [-0.39, 0.29) is 18.3 Å². The van der Waals surface area contributed by atoms with E-state index in [2.05, 4.69) is 26.1 Å². The fraction of sp³-hybridized carbons (Fsp3) is 0.348. The van der Waals surface area contributed by atoms with E-state index in [0.29, 0.717) is 41.9 Å². The van der Waals surface area contributed by atoms with Crippen LogP contribution < -0.4 is 5.73 Å². The average molecular weight is 560 g/mol. The van der Waals surface area contributed by atoms with Gasteiger partial charge in [0.2, 0.25) is 10.0 Å². The number of nitrogen functional groups attached to an aromatic ring is 1. The van der Waals surface area contributed by atoms with Gasteiger partial charge in [0.05, 0.1) is 40.6 Å². The molecule has 0 radical (unpaired) electrons. The normalized spacial score (nSPS) is 15.7. The third kappa shape index (κ3) is 4.58. The zero-order chi connectivity index (χ0) is 24.6. The molecule has 3 aromatic heterocycles. The Balaban J connectivity index is 1.44. The van der Waals surface area contributed by atoms with Crippen molar-refractivity contribution in [1.82, 2.24) is 28.7 Å². The smallest absolute Gasteiger partial charge is 0.216 e. The number of hydrogen-bond donors (Lipinski definition) is 1. The van der Waals surface area contributed by atoms with Crippen LogP contribution in [0.25, 0.3) is 22.5 Å². The number of rotatable bonds is 7. The minimum Gasteiger partial charge on any atom is -0.384 e. The molecule has 0 aliphatic carbocycles. The Hall–Kier alpha value is -2.80. The number of nitrogens with zero attached hydrogens (tertiary/aromatic N) is 6. The fourth-order valence-corrected chi connectivity index (χ4v) is 6.38. The van der Waals surface area contributed by atoms with Crippen molar-refractivity contribution >= 4 is 37.4 Å². The predicted octanol–water partition coefficient (Wildman–Crippen LogP) is 3.08. The number of sulfonamides is 1. The van der Waals surface area contributed by atoms with Gasteiger partial charge < -0.3 is 10.5 Å². The van der Waals surface area contributed by atoms with Gasteiger partial charge in [-0.15, -0.1) is 0 Å². The van der Waals surface area contributed by atoms with Gasteiger partial charge in [-0.25, -0.2) is 22.4 Å². The number of piperidine rings is 1. The van der Waals surface area contributed by atoms with Crippen molar-refractivity contribution in [2.75, 3.05) is 38.3 Å². The van der Waals surface area contributed by atoms with E-state index in [4.69, 9.17) is 15.5 Å². The maximum Gasteiger partial charge on any atom is 0.216 e. The third-order valence-electron chi connectivity index (χ3n) is 6.34. The van der Waals surface area contributed by atoms with Crippen molar-refractivity contribution < 1.29 is 13.2 Å².